The average Bonchev–Trinajstić information content (AvgIpc) is 2.36. The van der Waals surface area contributed by atoms with Crippen LogP contribution in [0.1, 0.15) is 19.4 Å². The highest BCUT2D eigenvalue weighted by Crippen LogP contribution is 2.30. The molecule has 18 heavy (non-hydrogen) atoms. The molecular formula is C14H19NO3. The lowest BCUT2D eigenvalue weighted by Crippen LogP contribution is -2.40. The first-order valence-corrected chi connectivity index (χ1v) is 6.20. The summed E-state index contributed by atoms with van der Waals surface area (Å²) in [5, 5.41) is 2.92. The molecule has 1 aliphatic heterocycles. The van der Waals surface area contributed by atoms with Gasteiger partial charge in [-0.25, -0.2) is 0 Å². The molecule has 0 radical (unpaired) electrons. The minimum absolute atomic E-state index is 0.0541. The summed E-state index contributed by atoms with van der Waals surface area (Å²) in [6.07, 6.45) is 0.699. The van der Waals surface area contributed by atoms with Crippen molar-refractivity contribution >= 4 is 5.91 Å². The Bertz CT molecular complexity index is 443. The van der Waals surface area contributed by atoms with Crippen LogP contribution in [0.5, 0.6) is 11.5 Å². The fourth-order valence-electron chi connectivity index (χ4n) is 2.07. The molecule has 0 aliphatic carbocycles. The number of benzene rings is 1. The van der Waals surface area contributed by atoms with E-state index in [1.807, 2.05) is 32.0 Å². The molecule has 0 aromatic heterocycles. The Labute approximate surface area is 107 Å². The number of nitrogens with one attached hydrogen (secondary N) is 1. The molecule has 4 nitrogen and oxygen atoms in total. The van der Waals surface area contributed by atoms with Crippen molar-refractivity contribution in [2.24, 2.45) is 5.92 Å². The third-order valence-electron chi connectivity index (χ3n) is 2.98. The Kier molecular flexibility index (Phi) is 3.75. The van der Waals surface area contributed by atoms with Crippen molar-refractivity contribution in [3.8, 4) is 11.5 Å². The molecule has 1 aliphatic rings. The highest BCUT2D eigenvalue weighted by atomic mass is 16.5. The summed E-state index contributed by atoms with van der Waals surface area (Å²) in [6.45, 7) is 4.36. The lowest BCUT2D eigenvalue weighted by molar-refractivity contribution is -0.126. The Morgan fingerprint density at radius 1 is 1.50 bits per heavy atom. The van der Waals surface area contributed by atoms with Gasteiger partial charge in [0.25, 0.3) is 0 Å². The summed E-state index contributed by atoms with van der Waals surface area (Å²) in [5.74, 6) is 1.58. The minimum Gasteiger partial charge on any atom is -0.497 e. The molecule has 0 saturated carbocycles. The first kappa shape index (κ1) is 12.7. The molecule has 1 atom stereocenters. The van der Waals surface area contributed by atoms with Gasteiger partial charge in [-0.1, -0.05) is 0 Å². The topological polar surface area (TPSA) is 47.6 Å². The van der Waals surface area contributed by atoms with Crippen LogP contribution < -0.4 is 14.8 Å². The summed E-state index contributed by atoms with van der Waals surface area (Å²) in [5.41, 5.74) is 1.03. The van der Waals surface area contributed by atoms with Crippen LogP contribution in [0.25, 0.3) is 0 Å². The first-order valence-electron chi connectivity index (χ1n) is 6.20. The first-order chi connectivity index (χ1) is 8.60. The van der Waals surface area contributed by atoms with Gasteiger partial charge >= 0.3 is 0 Å². The monoisotopic (exact) mass is 249 g/mol. The second-order valence-corrected chi connectivity index (χ2v) is 4.85. The van der Waals surface area contributed by atoms with Crippen molar-refractivity contribution < 1.29 is 14.3 Å². The number of rotatable bonds is 3. The third-order valence-corrected chi connectivity index (χ3v) is 2.98. The summed E-state index contributed by atoms with van der Waals surface area (Å²) in [6, 6.07) is 5.85. The number of carbonyl (C=O) groups is 1. The van der Waals surface area contributed by atoms with Crippen LogP contribution in [0.15, 0.2) is 18.2 Å². The predicted octanol–water partition coefficient (Wildman–Crippen LogP) is 1.77. The molecule has 98 valence electrons. The van der Waals surface area contributed by atoms with Gasteiger partial charge in [0, 0.05) is 6.04 Å². The molecule has 1 aromatic rings. The van der Waals surface area contributed by atoms with E-state index < -0.39 is 0 Å². The quantitative estimate of drug-likeness (QED) is 0.888. The van der Waals surface area contributed by atoms with E-state index in [9.17, 15) is 4.79 Å². The Morgan fingerprint density at radius 3 is 2.94 bits per heavy atom. The molecule has 0 saturated heterocycles. The number of carbonyl (C=O) groups excluding carboxylic acids is 1. The van der Waals surface area contributed by atoms with Crippen molar-refractivity contribution in [2.75, 3.05) is 13.7 Å². The smallest absolute Gasteiger partial charge is 0.227 e. The van der Waals surface area contributed by atoms with Gasteiger partial charge in [0.1, 0.15) is 18.1 Å². The normalized spacial score (nSPS) is 17.9. The van der Waals surface area contributed by atoms with Crippen molar-refractivity contribution in [3.05, 3.63) is 23.8 Å². The summed E-state index contributed by atoms with van der Waals surface area (Å²) in [4.78, 5) is 12.0. The Hall–Kier alpha value is -1.71. The van der Waals surface area contributed by atoms with Crippen molar-refractivity contribution in [3.63, 3.8) is 0 Å². The van der Waals surface area contributed by atoms with Crippen molar-refractivity contribution in [1.82, 2.24) is 5.32 Å². The molecule has 1 heterocycles. The van der Waals surface area contributed by atoms with Gasteiger partial charge in [-0.2, -0.15) is 0 Å². The lowest BCUT2D eigenvalue weighted by Gasteiger charge is -2.25. The predicted molar refractivity (Wildman–Crippen MR) is 69.0 cm³/mol. The number of methoxy groups -OCH3 is 1. The standard InChI is InChI=1S/C14H19NO3/c1-9(2)15-14(16)11-6-10-7-12(17-3)4-5-13(10)18-8-11/h4-5,7,9,11H,6,8H2,1-3H3,(H,15,16). The van der Waals surface area contributed by atoms with Gasteiger partial charge in [0.05, 0.1) is 13.0 Å². The van der Waals surface area contributed by atoms with Crippen molar-refractivity contribution in [1.29, 1.82) is 0 Å². The van der Waals surface area contributed by atoms with Gasteiger partial charge in [0.2, 0.25) is 5.91 Å². The van der Waals surface area contributed by atoms with Gasteiger partial charge < -0.3 is 14.8 Å². The second kappa shape index (κ2) is 5.29. The minimum atomic E-state index is -0.119. The molecule has 0 spiro atoms. The van der Waals surface area contributed by atoms with E-state index in [1.165, 1.54) is 0 Å². The zero-order valence-corrected chi connectivity index (χ0v) is 11.0. The van der Waals surface area contributed by atoms with E-state index in [2.05, 4.69) is 5.32 Å². The van der Waals surface area contributed by atoms with E-state index in [0.717, 1.165) is 17.1 Å². The van der Waals surface area contributed by atoms with E-state index in [-0.39, 0.29) is 17.9 Å². The number of fused-ring (bicyclic) bond motifs is 1. The highest BCUT2D eigenvalue weighted by Gasteiger charge is 2.26. The van der Waals surface area contributed by atoms with Gasteiger partial charge in [-0.3, -0.25) is 4.79 Å². The maximum absolute atomic E-state index is 12.0. The van der Waals surface area contributed by atoms with E-state index in [0.29, 0.717) is 13.0 Å². The zero-order valence-electron chi connectivity index (χ0n) is 11.0. The van der Waals surface area contributed by atoms with E-state index in [1.54, 1.807) is 7.11 Å². The maximum atomic E-state index is 12.0. The van der Waals surface area contributed by atoms with E-state index in [4.69, 9.17) is 9.47 Å². The number of ether oxygens (including phenoxy) is 2. The van der Waals surface area contributed by atoms with Crippen LogP contribution in [0, 0.1) is 5.92 Å². The van der Waals surface area contributed by atoms with Crippen LogP contribution in [0.4, 0.5) is 0 Å². The average molecular weight is 249 g/mol. The number of hydrogen-bond acceptors (Lipinski definition) is 3. The molecular weight excluding hydrogens is 230 g/mol. The summed E-state index contributed by atoms with van der Waals surface area (Å²) >= 11 is 0. The summed E-state index contributed by atoms with van der Waals surface area (Å²) in [7, 11) is 1.63. The molecule has 2 rings (SSSR count). The zero-order chi connectivity index (χ0) is 13.1. The fourth-order valence-corrected chi connectivity index (χ4v) is 2.07. The number of hydrogen-bond donors (Lipinski definition) is 1. The van der Waals surface area contributed by atoms with Crippen molar-refractivity contribution in [2.45, 2.75) is 26.3 Å². The Morgan fingerprint density at radius 2 is 2.28 bits per heavy atom. The fraction of sp³-hybridized carbons (Fsp3) is 0.500. The van der Waals surface area contributed by atoms with Gasteiger partial charge in [-0.05, 0) is 44.0 Å². The van der Waals surface area contributed by atoms with Crippen LogP contribution in [-0.4, -0.2) is 25.7 Å². The van der Waals surface area contributed by atoms with Crippen LogP contribution >= 0.6 is 0 Å². The largest absolute Gasteiger partial charge is 0.497 e. The molecule has 4 heteroatoms. The summed E-state index contributed by atoms with van der Waals surface area (Å²) < 4.78 is 10.8. The van der Waals surface area contributed by atoms with Gasteiger partial charge in [0.15, 0.2) is 0 Å². The third kappa shape index (κ3) is 2.75. The highest BCUT2D eigenvalue weighted by molar-refractivity contribution is 5.79. The van der Waals surface area contributed by atoms with Crippen LogP contribution in [0.3, 0.4) is 0 Å². The molecule has 1 unspecified atom stereocenters. The maximum Gasteiger partial charge on any atom is 0.227 e. The van der Waals surface area contributed by atoms with Crippen LogP contribution in [-0.2, 0) is 11.2 Å². The SMILES string of the molecule is COc1ccc2c(c1)CC(C(=O)NC(C)C)CO2. The number of amides is 1. The van der Waals surface area contributed by atoms with E-state index >= 15 is 0 Å². The molecule has 1 aromatic carbocycles. The van der Waals surface area contributed by atoms with Gasteiger partial charge in [-0.15, -0.1) is 0 Å². The molecule has 0 bridgehead atoms. The van der Waals surface area contributed by atoms with Crippen LogP contribution in [0.2, 0.25) is 0 Å². The second-order valence-electron chi connectivity index (χ2n) is 4.85. The lowest BCUT2D eigenvalue weighted by atomic mass is 9.95. The molecule has 0 fully saturated rings. The molecule has 1 amide bonds. The molecule has 1 N–H and O–H groups in total. The Balaban J connectivity index is 2.11.